The van der Waals surface area contributed by atoms with Crippen LogP contribution in [0.3, 0.4) is 0 Å². The molecule has 0 bridgehead atoms. The Hall–Kier alpha value is -4.69. The third-order valence-electron chi connectivity index (χ3n) is 7.24. The molecule has 0 radical (unpaired) electrons. The lowest BCUT2D eigenvalue weighted by atomic mass is 9.92. The maximum absolute atomic E-state index is 13.4. The van der Waals surface area contributed by atoms with E-state index in [1.807, 2.05) is 107 Å². The number of nitrogens with one attached hydrogen (secondary N) is 2. The summed E-state index contributed by atoms with van der Waals surface area (Å²) in [4.78, 5) is 31.2. The molecule has 2 aromatic carbocycles. The number of ketones is 1. The molecular formula is C34H36FN5O2. The Morgan fingerprint density at radius 1 is 0.929 bits per heavy atom. The molecule has 5 rings (SSSR count). The Bertz CT molecular complexity index is 1710. The van der Waals surface area contributed by atoms with E-state index in [9.17, 15) is 14.0 Å². The predicted octanol–water partition coefficient (Wildman–Crippen LogP) is 6.33. The maximum atomic E-state index is 13.4. The Labute approximate surface area is 245 Å². The molecular weight excluding hydrogens is 529 g/mol. The molecule has 0 aliphatic heterocycles. The molecule has 0 aliphatic rings. The largest absolute Gasteiger partial charge is 0.342 e. The second kappa shape index (κ2) is 12.9. The summed E-state index contributed by atoms with van der Waals surface area (Å²) in [5, 5.41) is 10.9. The number of alkyl halides is 1. The third-order valence-corrected chi connectivity index (χ3v) is 7.24. The zero-order valence-electron chi connectivity index (χ0n) is 24.8. The van der Waals surface area contributed by atoms with Crippen LogP contribution in [0.25, 0.3) is 27.9 Å². The van der Waals surface area contributed by atoms with Crippen LogP contribution in [0.5, 0.6) is 0 Å². The number of carbonyl (C=O) groups excluding carboxylic acids is 2. The quantitative estimate of drug-likeness (QED) is 0.215. The summed E-state index contributed by atoms with van der Waals surface area (Å²) in [6, 6.07) is 23.1. The number of Topliss-reactive ketones (excluding diaryl/α,β-unsaturated/α-hetero) is 1. The summed E-state index contributed by atoms with van der Waals surface area (Å²) in [5.41, 5.74) is 7.40. The first-order valence-electron chi connectivity index (χ1n) is 13.7. The molecule has 3 aromatic heterocycles. The van der Waals surface area contributed by atoms with E-state index in [0.29, 0.717) is 24.0 Å². The fourth-order valence-corrected chi connectivity index (χ4v) is 5.11. The van der Waals surface area contributed by atoms with Gasteiger partial charge in [-0.25, -0.2) is 4.52 Å². The zero-order chi connectivity index (χ0) is 30.4. The number of aromatic nitrogens is 3. The number of hydrogen-bond donors (Lipinski definition) is 2. The van der Waals surface area contributed by atoms with Crippen molar-refractivity contribution in [3.8, 4) is 22.4 Å². The first-order valence-corrected chi connectivity index (χ1v) is 13.7. The van der Waals surface area contributed by atoms with Crippen molar-refractivity contribution < 1.29 is 14.0 Å². The van der Waals surface area contributed by atoms with Gasteiger partial charge in [-0.1, -0.05) is 42.5 Å². The highest BCUT2D eigenvalue weighted by Gasteiger charge is 2.26. The average Bonchev–Trinajstić information content (AvgIpc) is 3.40. The highest BCUT2D eigenvalue weighted by molar-refractivity contribution is 6.10. The SMILES string of the molecule is CF.CNCC(=O)c1c(-c2ccccc2)nn2ccc(-c3cc(C(=O)NC(C)(C)c4ccccn4)ccc3C)c(C)c12. The van der Waals surface area contributed by atoms with E-state index in [1.54, 1.807) is 17.8 Å². The van der Waals surface area contributed by atoms with Crippen molar-refractivity contribution in [1.29, 1.82) is 0 Å². The minimum absolute atomic E-state index is 0.0294. The van der Waals surface area contributed by atoms with Gasteiger partial charge in [0.1, 0.15) is 5.69 Å². The van der Waals surface area contributed by atoms with Crippen LogP contribution in [-0.2, 0) is 5.54 Å². The summed E-state index contributed by atoms with van der Waals surface area (Å²) in [7, 11) is 2.26. The third kappa shape index (κ3) is 5.99. The molecule has 2 N–H and O–H groups in total. The first-order chi connectivity index (χ1) is 20.2. The minimum atomic E-state index is -0.647. The van der Waals surface area contributed by atoms with Gasteiger partial charge in [-0.3, -0.25) is 19.0 Å². The molecule has 8 heteroatoms. The van der Waals surface area contributed by atoms with Crippen molar-refractivity contribution in [3.63, 3.8) is 0 Å². The van der Waals surface area contributed by atoms with Gasteiger partial charge >= 0.3 is 0 Å². The van der Waals surface area contributed by atoms with Crippen molar-refractivity contribution >= 4 is 17.2 Å². The van der Waals surface area contributed by atoms with Crippen molar-refractivity contribution in [2.45, 2.75) is 33.2 Å². The van der Waals surface area contributed by atoms with Crippen molar-refractivity contribution in [2.75, 3.05) is 20.8 Å². The van der Waals surface area contributed by atoms with Gasteiger partial charge in [0.2, 0.25) is 0 Å². The summed E-state index contributed by atoms with van der Waals surface area (Å²) in [6.07, 6.45) is 3.61. The second-order valence-electron chi connectivity index (χ2n) is 10.5. The maximum Gasteiger partial charge on any atom is 0.252 e. The monoisotopic (exact) mass is 565 g/mol. The number of aryl methyl sites for hydroxylation is 2. The molecule has 0 aliphatic carbocycles. The van der Waals surface area contributed by atoms with Gasteiger partial charge < -0.3 is 10.6 Å². The van der Waals surface area contributed by atoms with E-state index >= 15 is 0 Å². The lowest BCUT2D eigenvalue weighted by Crippen LogP contribution is -2.41. The smallest absolute Gasteiger partial charge is 0.252 e. The van der Waals surface area contributed by atoms with E-state index < -0.39 is 5.54 Å². The number of amides is 1. The van der Waals surface area contributed by atoms with Gasteiger partial charge in [-0.05, 0) is 87.3 Å². The van der Waals surface area contributed by atoms with Crippen molar-refractivity contribution in [1.82, 2.24) is 25.2 Å². The molecule has 1 amide bonds. The summed E-state index contributed by atoms with van der Waals surface area (Å²) < 4.78 is 11.3. The zero-order valence-corrected chi connectivity index (χ0v) is 24.8. The molecule has 5 aromatic rings. The molecule has 0 spiro atoms. The molecule has 0 saturated heterocycles. The summed E-state index contributed by atoms with van der Waals surface area (Å²) >= 11 is 0. The standard InChI is InChI=1S/C33H33N5O2.CH3F/c1-21-14-15-24(32(40)36-33(3,4)28-13-9-10-17-35-28)19-26(21)25-16-18-38-31(22(25)2)29(27(39)20-34-5)30(37-38)23-11-7-6-8-12-23;1-2/h6-19,34H,20H2,1-5H3,(H,36,40);1H3. The van der Waals surface area contributed by atoms with E-state index in [2.05, 4.69) is 15.6 Å². The number of carbonyl (C=O) groups is 2. The van der Waals surface area contributed by atoms with Gasteiger partial charge in [-0.2, -0.15) is 5.10 Å². The topological polar surface area (TPSA) is 88.4 Å². The first kappa shape index (κ1) is 30.3. The Balaban J connectivity index is 0.00000198. The molecule has 3 heterocycles. The average molecular weight is 566 g/mol. The van der Waals surface area contributed by atoms with Crippen LogP contribution in [0, 0.1) is 13.8 Å². The Morgan fingerprint density at radius 3 is 2.31 bits per heavy atom. The van der Waals surface area contributed by atoms with E-state index in [-0.39, 0.29) is 18.2 Å². The lowest BCUT2D eigenvalue weighted by molar-refractivity contribution is 0.0909. The van der Waals surface area contributed by atoms with E-state index in [1.165, 1.54) is 0 Å². The van der Waals surface area contributed by atoms with Crippen LogP contribution in [0.15, 0.2) is 85.2 Å². The molecule has 42 heavy (non-hydrogen) atoms. The van der Waals surface area contributed by atoms with Crippen LogP contribution in [0.4, 0.5) is 4.39 Å². The van der Waals surface area contributed by atoms with Gasteiger partial charge in [-0.15, -0.1) is 0 Å². The fraction of sp³-hybridized carbons (Fsp3) is 0.235. The lowest BCUT2D eigenvalue weighted by Gasteiger charge is -2.26. The van der Waals surface area contributed by atoms with Crippen LogP contribution in [0.1, 0.15) is 51.4 Å². The van der Waals surface area contributed by atoms with Gasteiger partial charge in [0, 0.05) is 23.5 Å². The number of likely N-dealkylation sites (N-methyl/N-ethyl adjacent to an activating group) is 1. The van der Waals surface area contributed by atoms with E-state index in [0.717, 1.165) is 39.0 Å². The second-order valence-corrected chi connectivity index (χ2v) is 10.5. The summed E-state index contributed by atoms with van der Waals surface area (Å²) in [6.45, 7) is 8.11. The molecule has 0 atom stereocenters. The Morgan fingerprint density at radius 2 is 1.64 bits per heavy atom. The van der Waals surface area contributed by atoms with E-state index in [4.69, 9.17) is 5.10 Å². The number of nitrogens with zero attached hydrogens (tertiary/aromatic N) is 3. The number of benzene rings is 2. The summed E-state index contributed by atoms with van der Waals surface area (Å²) in [5.74, 6) is -0.213. The Kier molecular flexibility index (Phi) is 9.28. The highest BCUT2D eigenvalue weighted by atomic mass is 19.1. The molecule has 0 saturated carbocycles. The van der Waals surface area contributed by atoms with Crippen LogP contribution < -0.4 is 10.6 Å². The number of rotatable bonds is 8. The highest BCUT2D eigenvalue weighted by Crippen LogP contribution is 2.35. The van der Waals surface area contributed by atoms with Crippen molar-refractivity contribution in [3.05, 3.63) is 113 Å². The van der Waals surface area contributed by atoms with Gasteiger partial charge in [0.25, 0.3) is 5.91 Å². The molecule has 0 unspecified atom stereocenters. The van der Waals surface area contributed by atoms with Crippen LogP contribution in [0.2, 0.25) is 0 Å². The van der Waals surface area contributed by atoms with Gasteiger partial charge in [0.15, 0.2) is 5.78 Å². The van der Waals surface area contributed by atoms with Crippen LogP contribution >= 0.6 is 0 Å². The normalized spacial score (nSPS) is 11.1. The number of halogens is 1. The fourth-order valence-electron chi connectivity index (χ4n) is 5.11. The molecule has 7 nitrogen and oxygen atoms in total. The molecule has 0 fully saturated rings. The predicted molar refractivity (Wildman–Crippen MR) is 166 cm³/mol. The van der Waals surface area contributed by atoms with Crippen LogP contribution in [-0.4, -0.2) is 47.1 Å². The number of fused-ring (bicyclic) bond motifs is 1. The number of pyridine rings is 2. The number of hydrogen-bond acceptors (Lipinski definition) is 5. The minimum Gasteiger partial charge on any atom is -0.342 e. The molecule has 216 valence electrons. The van der Waals surface area contributed by atoms with Gasteiger partial charge in [0.05, 0.1) is 36.0 Å². The van der Waals surface area contributed by atoms with Crippen molar-refractivity contribution in [2.24, 2.45) is 0 Å².